The molecular weight excluding hydrogens is 414 g/mol. The Morgan fingerprint density at radius 3 is 2.23 bits per heavy atom. The minimum atomic E-state index is -0.783. The summed E-state index contributed by atoms with van der Waals surface area (Å²) >= 11 is 0. The molecule has 2 unspecified atom stereocenters. The molecule has 1 N–H and O–H groups in total. The van der Waals surface area contributed by atoms with Gasteiger partial charge in [0.05, 0.1) is 5.56 Å². The van der Waals surface area contributed by atoms with E-state index in [1.54, 1.807) is 29.2 Å². The number of piperazine rings is 1. The van der Waals surface area contributed by atoms with Crippen molar-refractivity contribution in [2.75, 3.05) is 13.1 Å². The van der Waals surface area contributed by atoms with Gasteiger partial charge in [0.1, 0.15) is 18.2 Å². The summed E-state index contributed by atoms with van der Waals surface area (Å²) in [4.78, 5) is 25.5. The number of hydrogen-bond acceptors (Lipinski definition) is 4. The van der Waals surface area contributed by atoms with E-state index in [1.807, 2.05) is 13.8 Å². The Balaban J connectivity index is 0.00000320. The molecule has 1 fully saturated rings. The molecule has 0 saturated carbocycles. The van der Waals surface area contributed by atoms with Crippen LogP contribution in [0.15, 0.2) is 36.4 Å². The fourth-order valence-corrected chi connectivity index (χ4v) is 3.54. The van der Waals surface area contributed by atoms with Crippen LogP contribution in [0.5, 0.6) is 0 Å². The first-order valence-electron chi connectivity index (χ1n) is 9.53. The summed E-state index contributed by atoms with van der Waals surface area (Å²) in [5.41, 5.74) is 0.882. The van der Waals surface area contributed by atoms with Crippen LogP contribution in [0.25, 0.3) is 11.1 Å². The lowest BCUT2D eigenvalue weighted by Gasteiger charge is -2.38. The highest BCUT2D eigenvalue weighted by Gasteiger charge is 2.30. The Morgan fingerprint density at radius 2 is 1.67 bits per heavy atom. The Bertz CT molecular complexity index is 911. The number of Topliss-reactive ketones (excluding diaryl/α,β-unsaturated/α-hetero) is 1. The van der Waals surface area contributed by atoms with Crippen molar-refractivity contribution < 1.29 is 23.1 Å². The van der Waals surface area contributed by atoms with E-state index in [0.717, 1.165) is 6.07 Å². The summed E-state index contributed by atoms with van der Waals surface area (Å²) in [5.74, 6) is -1.66. The van der Waals surface area contributed by atoms with E-state index in [4.69, 9.17) is 4.74 Å². The first-order chi connectivity index (χ1) is 13.8. The van der Waals surface area contributed by atoms with Crippen molar-refractivity contribution >= 4 is 24.3 Å². The SMILES string of the molecule is CC(=O)c1ccc(-c2ccc(F)c(COC(=O)N3C(C)CNCC3C)c2F)cc1.Cl. The molecule has 1 heterocycles. The maximum atomic E-state index is 15.0. The number of carbonyl (C=O) groups is 2. The van der Waals surface area contributed by atoms with Gasteiger partial charge in [-0.3, -0.25) is 4.79 Å². The molecule has 0 spiro atoms. The Hall–Kier alpha value is -2.51. The number of benzene rings is 2. The maximum Gasteiger partial charge on any atom is 0.410 e. The van der Waals surface area contributed by atoms with Crippen LogP contribution in [0.3, 0.4) is 0 Å². The molecule has 0 aliphatic carbocycles. The van der Waals surface area contributed by atoms with Crippen LogP contribution in [-0.4, -0.2) is 41.9 Å². The van der Waals surface area contributed by atoms with E-state index in [1.165, 1.54) is 13.0 Å². The van der Waals surface area contributed by atoms with Crippen molar-refractivity contribution in [1.29, 1.82) is 0 Å². The summed E-state index contributed by atoms with van der Waals surface area (Å²) in [7, 11) is 0. The van der Waals surface area contributed by atoms with Crippen molar-refractivity contribution in [3.05, 3.63) is 59.2 Å². The van der Waals surface area contributed by atoms with Crippen LogP contribution in [0, 0.1) is 11.6 Å². The number of ketones is 1. The number of hydrogen-bond donors (Lipinski definition) is 1. The highest BCUT2D eigenvalue weighted by molar-refractivity contribution is 5.94. The van der Waals surface area contributed by atoms with Crippen molar-refractivity contribution in [3.8, 4) is 11.1 Å². The summed E-state index contributed by atoms with van der Waals surface area (Å²) in [6, 6.07) is 8.72. The lowest BCUT2D eigenvalue weighted by Crippen LogP contribution is -2.57. The Morgan fingerprint density at radius 1 is 1.07 bits per heavy atom. The zero-order chi connectivity index (χ0) is 21.1. The minimum Gasteiger partial charge on any atom is -0.444 e. The van der Waals surface area contributed by atoms with E-state index < -0.39 is 24.3 Å². The second kappa shape index (κ2) is 10.00. The van der Waals surface area contributed by atoms with Crippen LogP contribution in [0.2, 0.25) is 0 Å². The average Bonchev–Trinajstić information content (AvgIpc) is 2.68. The van der Waals surface area contributed by atoms with Gasteiger partial charge in [-0.15, -0.1) is 12.4 Å². The molecule has 1 aliphatic rings. The standard InChI is InChI=1S/C22H24F2N2O3.ClH/c1-13-10-25-11-14(2)26(13)22(28)29-12-19-20(23)9-8-18(21(19)24)17-6-4-16(5-7-17)15(3)27;/h4-9,13-14,25H,10-12H2,1-3H3;1H. The number of ether oxygens (including phenoxy) is 1. The Labute approximate surface area is 180 Å². The molecule has 2 aromatic carbocycles. The summed E-state index contributed by atoms with van der Waals surface area (Å²) in [6.07, 6.45) is -0.596. The van der Waals surface area contributed by atoms with Gasteiger partial charge < -0.3 is 15.0 Å². The van der Waals surface area contributed by atoms with Gasteiger partial charge in [0.15, 0.2) is 5.78 Å². The minimum absolute atomic E-state index is 0. The van der Waals surface area contributed by atoms with Crippen LogP contribution in [0.4, 0.5) is 13.6 Å². The average molecular weight is 439 g/mol. The molecule has 1 saturated heterocycles. The van der Waals surface area contributed by atoms with Gasteiger partial charge in [0, 0.05) is 36.3 Å². The predicted octanol–water partition coefficient (Wildman–Crippen LogP) is 4.58. The summed E-state index contributed by atoms with van der Waals surface area (Å²) < 4.78 is 34.5. The molecule has 2 aromatic rings. The topological polar surface area (TPSA) is 58.6 Å². The van der Waals surface area contributed by atoms with Gasteiger partial charge >= 0.3 is 6.09 Å². The molecule has 1 aliphatic heterocycles. The number of amides is 1. The third kappa shape index (κ3) is 4.96. The van der Waals surface area contributed by atoms with Gasteiger partial charge in [0.25, 0.3) is 0 Å². The predicted molar refractivity (Wildman–Crippen MR) is 113 cm³/mol. The maximum absolute atomic E-state index is 15.0. The van der Waals surface area contributed by atoms with E-state index in [2.05, 4.69) is 5.32 Å². The zero-order valence-corrected chi connectivity index (χ0v) is 17.9. The number of halogens is 3. The second-order valence-electron chi connectivity index (χ2n) is 7.34. The molecule has 1 amide bonds. The third-order valence-corrected chi connectivity index (χ3v) is 5.17. The smallest absolute Gasteiger partial charge is 0.410 e. The van der Waals surface area contributed by atoms with E-state index in [0.29, 0.717) is 24.2 Å². The molecule has 0 aromatic heterocycles. The zero-order valence-electron chi connectivity index (χ0n) is 17.1. The molecule has 5 nitrogen and oxygen atoms in total. The van der Waals surface area contributed by atoms with Crippen LogP contribution in [-0.2, 0) is 11.3 Å². The number of nitrogens with zero attached hydrogens (tertiary/aromatic N) is 1. The van der Waals surface area contributed by atoms with Crippen LogP contribution >= 0.6 is 12.4 Å². The van der Waals surface area contributed by atoms with Crippen LogP contribution in [0.1, 0.15) is 36.7 Å². The largest absolute Gasteiger partial charge is 0.444 e. The van der Waals surface area contributed by atoms with Gasteiger partial charge in [-0.2, -0.15) is 0 Å². The number of nitrogens with one attached hydrogen (secondary N) is 1. The van der Waals surface area contributed by atoms with Gasteiger partial charge in [-0.1, -0.05) is 24.3 Å². The van der Waals surface area contributed by atoms with Crippen molar-refractivity contribution in [2.24, 2.45) is 0 Å². The molecule has 0 bridgehead atoms. The molecule has 162 valence electrons. The quantitative estimate of drug-likeness (QED) is 0.710. The van der Waals surface area contributed by atoms with E-state index in [-0.39, 0.29) is 41.4 Å². The molecule has 30 heavy (non-hydrogen) atoms. The molecule has 3 rings (SSSR count). The third-order valence-electron chi connectivity index (χ3n) is 5.17. The van der Waals surface area contributed by atoms with Gasteiger partial charge in [-0.25, -0.2) is 13.6 Å². The Kier molecular flexibility index (Phi) is 7.92. The molecular formula is C22H25ClF2N2O3. The lowest BCUT2D eigenvalue weighted by molar-refractivity contribution is 0.0552. The van der Waals surface area contributed by atoms with E-state index >= 15 is 4.39 Å². The van der Waals surface area contributed by atoms with Crippen LogP contribution < -0.4 is 5.32 Å². The number of rotatable bonds is 4. The summed E-state index contributed by atoms with van der Waals surface area (Å²) in [5, 5.41) is 3.21. The van der Waals surface area contributed by atoms with E-state index in [9.17, 15) is 14.0 Å². The normalized spacial score (nSPS) is 18.5. The highest BCUT2D eigenvalue weighted by Crippen LogP contribution is 2.28. The first kappa shape index (κ1) is 23.8. The first-order valence-corrected chi connectivity index (χ1v) is 9.53. The lowest BCUT2D eigenvalue weighted by atomic mass is 10.00. The fraction of sp³-hybridized carbons (Fsp3) is 0.364. The van der Waals surface area contributed by atoms with Gasteiger partial charge in [0.2, 0.25) is 0 Å². The van der Waals surface area contributed by atoms with Crippen molar-refractivity contribution in [2.45, 2.75) is 39.5 Å². The molecule has 8 heteroatoms. The van der Waals surface area contributed by atoms with Crippen molar-refractivity contribution in [1.82, 2.24) is 10.2 Å². The number of carbonyl (C=O) groups excluding carboxylic acids is 2. The highest BCUT2D eigenvalue weighted by atomic mass is 35.5. The second-order valence-corrected chi connectivity index (χ2v) is 7.34. The fourth-order valence-electron chi connectivity index (χ4n) is 3.54. The van der Waals surface area contributed by atoms with Gasteiger partial charge in [-0.05, 0) is 38.5 Å². The monoisotopic (exact) mass is 438 g/mol. The van der Waals surface area contributed by atoms with Crippen molar-refractivity contribution in [3.63, 3.8) is 0 Å². The summed E-state index contributed by atoms with van der Waals surface area (Å²) in [6.45, 7) is 5.98. The molecule has 0 radical (unpaired) electrons. The molecule has 2 atom stereocenters.